The molecule has 2 aromatic rings. The number of hydrogen-bond donors (Lipinski definition) is 1. The number of halogens is 3. The van der Waals surface area contributed by atoms with Crippen molar-refractivity contribution in [2.45, 2.75) is 32.9 Å². The third kappa shape index (κ3) is 4.44. The minimum absolute atomic E-state index is 0.0763. The van der Waals surface area contributed by atoms with E-state index in [2.05, 4.69) is 15.3 Å². The van der Waals surface area contributed by atoms with Crippen molar-refractivity contribution in [2.75, 3.05) is 32.1 Å². The molecule has 0 unspecified atom stereocenters. The van der Waals surface area contributed by atoms with Gasteiger partial charge in [0.05, 0.1) is 12.5 Å². The standard InChI is InChI=1S/C18H21F3N4O3S/c1-9-12-14(23-10(2)24-15(12)29-13(9)16(26)28-3)22-8-11-4-6-25(7-5-11)17(27)18(19,20)21/h11H,4-8H2,1-3H3,(H,22,23,24). The van der Waals surface area contributed by atoms with Crippen LogP contribution in [0.1, 0.15) is 33.9 Å². The van der Waals surface area contributed by atoms with E-state index in [0.29, 0.717) is 40.7 Å². The first-order valence-electron chi connectivity index (χ1n) is 9.07. The summed E-state index contributed by atoms with van der Waals surface area (Å²) in [6, 6.07) is 0. The zero-order valence-corrected chi connectivity index (χ0v) is 17.0. The fraction of sp³-hybridized carbons (Fsp3) is 0.556. The smallest absolute Gasteiger partial charge is 0.465 e. The number of likely N-dealkylation sites (tertiary alicyclic amines) is 1. The Kier molecular flexibility index (Phi) is 5.97. The fourth-order valence-corrected chi connectivity index (χ4v) is 4.57. The molecule has 0 aromatic carbocycles. The predicted molar refractivity (Wildman–Crippen MR) is 102 cm³/mol. The molecule has 29 heavy (non-hydrogen) atoms. The van der Waals surface area contributed by atoms with Crippen molar-refractivity contribution in [1.82, 2.24) is 14.9 Å². The Bertz CT molecular complexity index is 937. The molecule has 0 aliphatic carbocycles. The van der Waals surface area contributed by atoms with E-state index in [4.69, 9.17) is 4.74 Å². The van der Waals surface area contributed by atoms with Crippen molar-refractivity contribution < 1.29 is 27.5 Å². The van der Waals surface area contributed by atoms with Crippen molar-refractivity contribution in [3.63, 3.8) is 0 Å². The number of aromatic nitrogens is 2. The number of piperidine rings is 1. The molecule has 0 radical (unpaired) electrons. The van der Waals surface area contributed by atoms with Crippen LogP contribution in [0.15, 0.2) is 0 Å². The largest absolute Gasteiger partial charge is 0.471 e. The lowest BCUT2D eigenvalue weighted by Crippen LogP contribution is -2.46. The number of nitrogens with zero attached hydrogens (tertiary/aromatic N) is 3. The van der Waals surface area contributed by atoms with Gasteiger partial charge in [-0.05, 0) is 38.2 Å². The molecule has 0 atom stereocenters. The Hall–Kier alpha value is -2.43. The quantitative estimate of drug-likeness (QED) is 0.750. The van der Waals surface area contributed by atoms with Gasteiger partial charge >= 0.3 is 18.1 Å². The molecule has 1 amide bonds. The highest BCUT2D eigenvalue weighted by molar-refractivity contribution is 7.20. The third-order valence-corrected chi connectivity index (χ3v) is 6.14. The summed E-state index contributed by atoms with van der Waals surface area (Å²) in [6.45, 7) is 4.21. The predicted octanol–water partition coefficient (Wildman–Crippen LogP) is 3.31. The van der Waals surface area contributed by atoms with E-state index in [1.807, 2.05) is 0 Å². The topological polar surface area (TPSA) is 84.4 Å². The molecular weight excluding hydrogens is 409 g/mol. The average molecular weight is 430 g/mol. The van der Waals surface area contributed by atoms with Gasteiger partial charge in [-0.2, -0.15) is 13.2 Å². The number of carbonyl (C=O) groups is 2. The van der Waals surface area contributed by atoms with E-state index >= 15 is 0 Å². The van der Waals surface area contributed by atoms with Crippen molar-refractivity contribution in [3.8, 4) is 0 Å². The molecule has 1 aliphatic heterocycles. The molecule has 2 aromatic heterocycles. The highest BCUT2D eigenvalue weighted by atomic mass is 32.1. The van der Waals surface area contributed by atoms with Crippen molar-refractivity contribution in [3.05, 3.63) is 16.3 Å². The zero-order valence-electron chi connectivity index (χ0n) is 16.2. The minimum atomic E-state index is -4.83. The first-order chi connectivity index (χ1) is 13.6. The minimum Gasteiger partial charge on any atom is -0.465 e. The van der Waals surface area contributed by atoms with Gasteiger partial charge in [0, 0.05) is 19.6 Å². The second-order valence-electron chi connectivity index (χ2n) is 6.96. The van der Waals surface area contributed by atoms with Crippen LogP contribution in [0.4, 0.5) is 19.0 Å². The monoisotopic (exact) mass is 430 g/mol. The van der Waals surface area contributed by atoms with Crippen LogP contribution in [0.5, 0.6) is 0 Å². The number of esters is 1. The Morgan fingerprint density at radius 3 is 2.48 bits per heavy atom. The summed E-state index contributed by atoms with van der Waals surface area (Å²) in [5.41, 5.74) is 0.727. The van der Waals surface area contributed by atoms with Crippen molar-refractivity contribution in [1.29, 1.82) is 0 Å². The van der Waals surface area contributed by atoms with Gasteiger partial charge < -0.3 is 15.0 Å². The number of thiophene rings is 1. The normalized spacial score (nSPS) is 15.6. The summed E-state index contributed by atoms with van der Waals surface area (Å²) in [7, 11) is 1.32. The lowest BCUT2D eigenvalue weighted by atomic mass is 9.96. The number of ether oxygens (including phenoxy) is 1. The van der Waals surface area contributed by atoms with Gasteiger partial charge in [-0.1, -0.05) is 0 Å². The molecule has 1 saturated heterocycles. The summed E-state index contributed by atoms with van der Waals surface area (Å²) < 4.78 is 42.5. The maximum absolute atomic E-state index is 12.6. The second-order valence-corrected chi connectivity index (χ2v) is 7.96. The van der Waals surface area contributed by atoms with Crippen LogP contribution in [0.2, 0.25) is 0 Å². The lowest BCUT2D eigenvalue weighted by Gasteiger charge is -2.32. The zero-order chi connectivity index (χ0) is 21.3. The van der Waals surface area contributed by atoms with Crippen molar-refractivity contribution in [2.24, 2.45) is 5.92 Å². The van der Waals surface area contributed by atoms with Gasteiger partial charge in [-0.3, -0.25) is 4.79 Å². The number of amides is 1. The van der Waals surface area contributed by atoms with Crippen LogP contribution in [0.3, 0.4) is 0 Å². The van der Waals surface area contributed by atoms with Crippen LogP contribution in [0, 0.1) is 19.8 Å². The SMILES string of the molecule is COC(=O)c1sc2nc(C)nc(NCC3CCN(C(=O)C(F)(F)F)CC3)c2c1C. The van der Waals surface area contributed by atoms with E-state index in [0.717, 1.165) is 15.8 Å². The van der Waals surface area contributed by atoms with Crippen LogP contribution < -0.4 is 5.32 Å². The van der Waals surface area contributed by atoms with Crippen LogP contribution in [-0.2, 0) is 9.53 Å². The molecule has 0 spiro atoms. The number of rotatable bonds is 4. The number of carbonyl (C=O) groups excluding carboxylic acids is 2. The number of aryl methyl sites for hydroxylation is 2. The van der Waals surface area contributed by atoms with E-state index in [-0.39, 0.29) is 19.0 Å². The van der Waals surface area contributed by atoms with Crippen LogP contribution in [0.25, 0.3) is 10.2 Å². The number of alkyl halides is 3. The summed E-state index contributed by atoms with van der Waals surface area (Å²) in [5, 5.41) is 4.00. The first kappa shape index (κ1) is 21.3. The number of methoxy groups -OCH3 is 1. The number of fused-ring (bicyclic) bond motifs is 1. The molecule has 3 rings (SSSR count). The van der Waals surface area contributed by atoms with Gasteiger partial charge in [-0.15, -0.1) is 11.3 Å². The maximum atomic E-state index is 12.6. The molecule has 7 nitrogen and oxygen atoms in total. The summed E-state index contributed by atoms with van der Waals surface area (Å²) in [6.07, 6.45) is -3.89. The maximum Gasteiger partial charge on any atom is 0.471 e. The third-order valence-electron chi connectivity index (χ3n) is 4.98. The van der Waals surface area contributed by atoms with E-state index in [9.17, 15) is 22.8 Å². The number of anilines is 1. The van der Waals surface area contributed by atoms with Gasteiger partial charge in [0.1, 0.15) is 21.3 Å². The van der Waals surface area contributed by atoms with Gasteiger partial charge in [0.25, 0.3) is 0 Å². The van der Waals surface area contributed by atoms with Gasteiger partial charge in [0.15, 0.2) is 0 Å². The Balaban J connectivity index is 1.71. The molecule has 0 bridgehead atoms. The van der Waals surface area contributed by atoms with E-state index in [1.165, 1.54) is 18.4 Å². The van der Waals surface area contributed by atoms with Crippen LogP contribution in [-0.4, -0.2) is 59.7 Å². The highest BCUT2D eigenvalue weighted by Gasteiger charge is 2.43. The molecule has 11 heteroatoms. The molecular formula is C18H21F3N4O3S. The average Bonchev–Trinajstić information content (AvgIpc) is 3.01. The van der Waals surface area contributed by atoms with Gasteiger partial charge in [0.2, 0.25) is 0 Å². The Morgan fingerprint density at radius 1 is 1.24 bits per heavy atom. The van der Waals surface area contributed by atoms with Crippen molar-refractivity contribution >= 4 is 39.2 Å². The molecule has 158 valence electrons. The summed E-state index contributed by atoms with van der Waals surface area (Å²) in [4.78, 5) is 34.1. The first-order valence-corrected chi connectivity index (χ1v) is 9.89. The highest BCUT2D eigenvalue weighted by Crippen LogP contribution is 2.34. The van der Waals surface area contributed by atoms with Gasteiger partial charge in [-0.25, -0.2) is 14.8 Å². The molecule has 0 saturated carbocycles. The summed E-state index contributed by atoms with van der Waals surface area (Å²) in [5.74, 6) is -0.970. The summed E-state index contributed by atoms with van der Waals surface area (Å²) >= 11 is 1.24. The Morgan fingerprint density at radius 2 is 1.90 bits per heavy atom. The second kappa shape index (κ2) is 8.13. The van der Waals surface area contributed by atoms with Crippen LogP contribution >= 0.6 is 11.3 Å². The fourth-order valence-electron chi connectivity index (χ4n) is 3.42. The van der Waals surface area contributed by atoms with E-state index < -0.39 is 18.1 Å². The number of hydrogen-bond acceptors (Lipinski definition) is 7. The molecule has 1 aliphatic rings. The Labute approximate surface area is 169 Å². The molecule has 3 heterocycles. The molecule has 1 N–H and O–H groups in total. The molecule has 1 fully saturated rings. The lowest BCUT2D eigenvalue weighted by molar-refractivity contribution is -0.186. The van der Waals surface area contributed by atoms with E-state index in [1.54, 1.807) is 13.8 Å². The number of nitrogens with one attached hydrogen (secondary N) is 1.